The molecule has 4 rings (SSSR count). The van der Waals surface area contributed by atoms with Crippen LogP contribution in [-0.4, -0.2) is 134 Å². The molecule has 0 unspecified atom stereocenters. The van der Waals surface area contributed by atoms with Gasteiger partial charge in [-0.15, -0.1) is 0 Å². The van der Waals surface area contributed by atoms with Gasteiger partial charge in [0.25, 0.3) is 5.91 Å². The zero-order valence-electron chi connectivity index (χ0n) is 34.4. The largest absolute Gasteiger partial charge is 0.465 e. The number of hydrogen-bond donors (Lipinski definition) is 1. The van der Waals surface area contributed by atoms with E-state index in [4.69, 9.17) is 4.74 Å². The van der Waals surface area contributed by atoms with Crippen molar-refractivity contribution in [1.29, 1.82) is 0 Å². The number of carboxylic acid groups (broad SMARTS) is 1. The molecule has 3 aromatic rings. The third-order valence-electron chi connectivity index (χ3n) is 10.3. The number of hydrogen-bond acceptors (Lipinski definition) is 7. The molecule has 1 fully saturated rings. The molecule has 0 aromatic heterocycles. The zero-order valence-corrected chi connectivity index (χ0v) is 34.4. The maximum absolute atomic E-state index is 13.0. The highest BCUT2D eigenvalue weighted by Gasteiger charge is 2.31. The van der Waals surface area contributed by atoms with Crippen molar-refractivity contribution >= 4 is 35.4 Å². The van der Waals surface area contributed by atoms with Gasteiger partial charge in [0.1, 0.15) is 5.60 Å². The number of carbonyl (C=O) groups excluding carboxylic acids is 3. The van der Waals surface area contributed by atoms with Crippen LogP contribution in [0, 0.1) is 0 Å². The Labute approximate surface area is 333 Å². The Hall–Kier alpha value is -5.10. The molecule has 12 nitrogen and oxygen atoms in total. The quantitative estimate of drug-likeness (QED) is 0.141. The van der Waals surface area contributed by atoms with Gasteiger partial charge in [-0.3, -0.25) is 14.5 Å². The van der Waals surface area contributed by atoms with Crippen LogP contribution in [0.5, 0.6) is 0 Å². The van der Waals surface area contributed by atoms with Crippen molar-refractivity contribution < 1.29 is 29.0 Å². The number of ether oxygens (including phenoxy) is 1. The van der Waals surface area contributed by atoms with Crippen LogP contribution in [0.25, 0.3) is 11.1 Å². The van der Waals surface area contributed by atoms with Crippen LogP contribution in [0.1, 0.15) is 69.7 Å². The summed E-state index contributed by atoms with van der Waals surface area (Å²) in [5.41, 5.74) is 3.67. The fraction of sp³-hybridized carbons (Fsp3) is 0.500. The minimum Gasteiger partial charge on any atom is -0.465 e. The molecule has 56 heavy (non-hydrogen) atoms. The number of rotatable bonds is 17. The SMILES string of the molecule is CN(CCN1CCC(N(C(=O)O)c2ccccc2-c2ccccc2)CC1)C(=O)CCCCN(C)c1ccc(C(=O)N(C)CCCN(C)C(=O)OC(C)(C)C)cc1. The smallest absolute Gasteiger partial charge is 0.412 e. The average Bonchev–Trinajstić information content (AvgIpc) is 3.18. The summed E-state index contributed by atoms with van der Waals surface area (Å²) in [7, 11) is 7.33. The molecule has 3 aromatic carbocycles. The second kappa shape index (κ2) is 20.7. The summed E-state index contributed by atoms with van der Waals surface area (Å²) >= 11 is 0. The number of benzene rings is 3. The Balaban J connectivity index is 1.13. The molecule has 1 aliphatic heterocycles. The molecule has 1 saturated heterocycles. The highest BCUT2D eigenvalue weighted by atomic mass is 16.6. The van der Waals surface area contributed by atoms with Crippen molar-refractivity contribution in [2.24, 2.45) is 0 Å². The second-order valence-electron chi connectivity index (χ2n) is 15.8. The number of amides is 4. The molecule has 12 heteroatoms. The molecular formula is C44H62N6O6. The lowest BCUT2D eigenvalue weighted by Gasteiger charge is -2.38. The Morgan fingerprint density at radius 3 is 2.00 bits per heavy atom. The van der Waals surface area contributed by atoms with Crippen LogP contribution in [0.15, 0.2) is 78.9 Å². The van der Waals surface area contributed by atoms with Crippen LogP contribution >= 0.6 is 0 Å². The first-order chi connectivity index (χ1) is 26.6. The Bertz CT molecular complexity index is 1720. The number of para-hydroxylation sites is 1. The van der Waals surface area contributed by atoms with Gasteiger partial charge in [-0.25, -0.2) is 9.59 Å². The van der Waals surface area contributed by atoms with Crippen LogP contribution in [0.4, 0.5) is 21.0 Å². The van der Waals surface area contributed by atoms with Gasteiger partial charge in [0.05, 0.1) is 5.69 Å². The highest BCUT2D eigenvalue weighted by molar-refractivity contribution is 5.94. The van der Waals surface area contributed by atoms with Crippen LogP contribution in [0.2, 0.25) is 0 Å². The van der Waals surface area contributed by atoms with E-state index in [2.05, 4.69) is 9.80 Å². The van der Waals surface area contributed by atoms with Gasteiger partial charge in [-0.05, 0) is 88.8 Å². The lowest BCUT2D eigenvalue weighted by molar-refractivity contribution is -0.130. The standard InChI is InChI=1S/C44H62N6O6/c1-44(2,3)56-43(55)48(7)29-15-28-47(6)41(52)35-21-23-36(24-22-35)45(4)27-14-13-20-40(51)46(5)32-33-49-30-25-37(26-31-49)50(42(53)54)39-19-12-11-18-38(39)34-16-9-8-10-17-34/h8-12,16-19,21-24,37H,13-15,20,25-33H2,1-7H3,(H,53,54). The fourth-order valence-electron chi connectivity index (χ4n) is 6.92. The van der Waals surface area contributed by atoms with Crippen LogP contribution in [0.3, 0.4) is 0 Å². The molecule has 0 bridgehead atoms. The van der Waals surface area contributed by atoms with E-state index in [1.54, 1.807) is 23.9 Å². The van der Waals surface area contributed by atoms with Crippen LogP contribution in [-0.2, 0) is 9.53 Å². The third-order valence-corrected chi connectivity index (χ3v) is 10.3. The number of nitrogens with zero attached hydrogens (tertiary/aromatic N) is 6. The van der Waals surface area contributed by atoms with E-state index in [9.17, 15) is 24.3 Å². The fourth-order valence-corrected chi connectivity index (χ4v) is 6.92. The zero-order chi connectivity index (χ0) is 40.8. The monoisotopic (exact) mass is 770 g/mol. The summed E-state index contributed by atoms with van der Waals surface area (Å²) in [5.74, 6) is 0.0531. The third kappa shape index (κ3) is 13.0. The first-order valence-corrected chi connectivity index (χ1v) is 19.8. The van der Waals surface area contributed by atoms with E-state index in [1.165, 1.54) is 4.90 Å². The molecule has 0 saturated carbocycles. The number of likely N-dealkylation sites (N-methyl/N-ethyl adjacent to an activating group) is 1. The van der Waals surface area contributed by atoms with Crippen LogP contribution < -0.4 is 9.80 Å². The van der Waals surface area contributed by atoms with E-state index in [-0.39, 0.29) is 23.9 Å². The van der Waals surface area contributed by atoms with Crippen molar-refractivity contribution in [2.45, 2.75) is 70.9 Å². The highest BCUT2D eigenvalue weighted by Crippen LogP contribution is 2.34. The first-order valence-electron chi connectivity index (χ1n) is 19.8. The molecule has 304 valence electrons. The van der Waals surface area contributed by atoms with Gasteiger partial charge in [0, 0.05) is 103 Å². The maximum atomic E-state index is 13.0. The molecule has 0 aliphatic carbocycles. The molecular weight excluding hydrogens is 709 g/mol. The number of unbranched alkanes of at least 4 members (excludes halogenated alkanes) is 1. The van der Waals surface area contributed by atoms with Gasteiger partial charge < -0.3 is 34.3 Å². The number of likely N-dealkylation sites (tertiary alicyclic amines) is 1. The summed E-state index contributed by atoms with van der Waals surface area (Å²) in [6, 6.07) is 25.1. The Morgan fingerprint density at radius 2 is 1.36 bits per heavy atom. The predicted molar refractivity (Wildman–Crippen MR) is 223 cm³/mol. The molecule has 0 spiro atoms. The second-order valence-corrected chi connectivity index (χ2v) is 15.8. The van der Waals surface area contributed by atoms with Crippen molar-refractivity contribution in [2.75, 3.05) is 83.8 Å². The first kappa shape index (κ1) is 43.6. The van der Waals surface area contributed by atoms with E-state index in [0.717, 1.165) is 68.7 Å². The molecule has 1 aliphatic rings. The minimum atomic E-state index is -0.938. The van der Waals surface area contributed by atoms with Crippen molar-refractivity contribution in [3.05, 3.63) is 84.4 Å². The molecule has 4 amide bonds. The average molecular weight is 771 g/mol. The summed E-state index contributed by atoms with van der Waals surface area (Å²) in [6.45, 7) is 10.2. The van der Waals surface area contributed by atoms with Gasteiger partial charge in [-0.1, -0.05) is 48.5 Å². The minimum absolute atomic E-state index is 0.0724. The van der Waals surface area contributed by atoms with Crippen molar-refractivity contribution in [1.82, 2.24) is 19.6 Å². The predicted octanol–water partition coefficient (Wildman–Crippen LogP) is 7.40. The van der Waals surface area contributed by atoms with E-state index in [1.807, 2.05) is 119 Å². The van der Waals surface area contributed by atoms with Gasteiger partial charge >= 0.3 is 12.2 Å². The molecule has 0 atom stereocenters. The lowest BCUT2D eigenvalue weighted by Crippen LogP contribution is -2.48. The molecule has 1 heterocycles. The number of carbonyl (C=O) groups is 4. The maximum Gasteiger partial charge on any atom is 0.412 e. The van der Waals surface area contributed by atoms with Crippen molar-refractivity contribution in [3.63, 3.8) is 0 Å². The van der Waals surface area contributed by atoms with Gasteiger partial charge in [0.15, 0.2) is 0 Å². The van der Waals surface area contributed by atoms with Gasteiger partial charge in [-0.2, -0.15) is 0 Å². The summed E-state index contributed by atoms with van der Waals surface area (Å²) < 4.78 is 5.39. The molecule has 0 radical (unpaired) electrons. The van der Waals surface area contributed by atoms with Crippen molar-refractivity contribution in [3.8, 4) is 11.1 Å². The molecule has 1 N–H and O–H groups in total. The Kier molecular flexibility index (Phi) is 16.1. The van der Waals surface area contributed by atoms with Gasteiger partial charge in [0.2, 0.25) is 5.91 Å². The summed E-state index contributed by atoms with van der Waals surface area (Å²) in [4.78, 5) is 61.7. The summed E-state index contributed by atoms with van der Waals surface area (Å²) in [6.07, 6.45) is 2.90. The topological polar surface area (TPSA) is 117 Å². The van der Waals surface area contributed by atoms with E-state index >= 15 is 0 Å². The van der Waals surface area contributed by atoms with E-state index < -0.39 is 11.7 Å². The normalized spacial score (nSPS) is 13.5. The number of piperidine rings is 1. The number of anilines is 2. The Morgan fingerprint density at radius 1 is 0.732 bits per heavy atom. The summed E-state index contributed by atoms with van der Waals surface area (Å²) in [5, 5.41) is 10.3. The lowest BCUT2D eigenvalue weighted by atomic mass is 9.98. The van der Waals surface area contributed by atoms with E-state index in [0.29, 0.717) is 43.7 Å².